The van der Waals surface area contributed by atoms with Gasteiger partial charge in [-0.2, -0.15) is 0 Å². The topological polar surface area (TPSA) is 55.8 Å². The van der Waals surface area contributed by atoms with Crippen molar-refractivity contribution >= 4 is 11.9 Å². The summed E-state index contributed by atoms with van der Waals surface area (Å²) in [5.41, 5.74) is 0. The van der Waals surface area contributed by atoms with Gasteiger partial charge in [0.15, 0.2) is 0 Å². The van der Waals surface area contributed by atoms with Crippen LogP contribution in [0.3, 0.4) is 0 Å². The van der Waals surface area contributed by atoms with Crippen LogP contribution in [0.25, 0.3) is 0 Å². The van der Waals surface area contributed by atoms with Gasteiger partial charge in [-0.05, 0) is 32.1 Å². The lowest BCUT2D eigenvalue weighted by atomic mass is 9.93. The molecule has 1 heterocycles. The van der Waals surface area contributed by atoms with Crippen LogP contribution in [-0.4, -0.2) is 49.2 Å². The van der Waals surface area contributed by atoms with Crippen molar-refractivity contribution in [1.82, 2.24) is 4.90 Å². The van der Waals surface area contributed by atoms with Gasteiger partial charge in [0.1, 0.15) is 6.10 Å². The highest BCUT2D eigenvalue weighted by Gasteiger charge is 2.32. The molecule has 1 saturated carbocycles. The van der Waals surface area contributed by atoms with Crippen LogP contribution in [0.2, 0.25) is 0 Å². The quantitative estimate of drug-likeness (QED) is 0.740. The summed E-state index contributed by atoms with van der Waals surface area (Å²) in [5.74, 6) is -0.0873. The van der Waals surface area contributed by atoms with E-state index in [0.29, 0.717) is 25.9 Å². The van der Waals surface area contributed by atoms with Crippen LogP contribution in [0.4, 0.5) is 0 Å². The van der Waals surface area contributed by atoms with Gasteiger partial charge in [0.25, 0.3) is 0 Å². The largest absolute Gasteiger partial charge is 0.459 e. The highest BCUT2D eigenvalue weighted by atomic mass is 16.6. The minimum Gasteiger partial charge on any atom is -0.459 e. The van der Waals surface area contributed by atoms with Crippen molar-refractivity contribution in [2.75, 3.05) is 20.2 Å². The third kappa shape index (κ3) is 3.72. The fourth-order valence-electron chi connectivity index (χ4n) is 3.14. The van der Waals surface area contributed by atoms with Crippen LogP contribution >= 0.6 is 0 Å². The molecule has 1 amide bonds. The second-order valence-electron chi connectivity index (χ2n) is 5.81. The lowest BCUT2D eigenvalue weighted by molar-refractivity contribution is -0.166. The minimum absolute atomic E-state index is 0.0463. The summed E-state index contributed by atoms with van der Waals surface area (Å²) in [4.78, 5) is 25.3. The molecule has 114 valence electrons. The van der Waals surface area contributed by atoms with E-state index >= 15 is 0 Å². The first-order chi connectivity index (χ1) is 9.61. The molecule has 2 aliphatic rings. The Kier molecular flexibility index (Phi) is 5.40. The average Bonchev–Trinajstić information content (AvgIpc) is 2.48. The molecule has 5 heteroatoms. The second kappa shape index (κ2) is 7.07. The number of carbonyl (C=O) groups excluding carboxylic acids is 2. The summed E-state index contributed by atoms with van der Waals surface area (Å²) in [6, 6.07) is 0. The van der Waals surface area contributed by atoms with E-state index in [1.807, 2.05) is 0 Å². The zero-order valence-corrected chi connectivity index (χ0v) is 12.5. The second-order valence-corrected chi connectivity index (χ2v) is 5.81. The number of esters is 1. The van der Waals surface area contributed by atoms with Crippen molar-refractivity contribution in [3.63, 3.8) is 0 Å². The molecule has 0 aromatic carbocycles. The van der Waals surface area contributed by atoms with E-state index < -0.39 is 0 Å². The van der Waals surface area contributed by atoms with E-state index in [2.05, 4.69) is 0 Å². The van der Waals surface area contributed by atoms with Crippen molar-refractivity contribution < 1.29 is 19.1 Å². The number of ether oxygens (including phenoxy) is 2. The summed E-state index contributed by atoms with van der Waals surface area (Å²) in [7, 11) is 1.68. The summed E-state index contributed by atoms with van der Waals surface area (Å²) in [5, 5.41) is 0. The molecule has 2 rings (SSSR count). The molecule has 0 N–H and O–H groups in total. The maximum absolute atomic E-state index is 12.2. The molecule has 0 aromatic heterocycles. The van der Waals surface area contributed by atoms with Gasteiger partial charge in [-0.3, -0.25) is 9.59 Å². The van der Waals surface area contributed by atoms with Crippen LogP contribution in [-0.2, 0) is 19.1 Å². The summed E-state index contributed by atoms with van der Waals surface area (Å²) < 4.78 is 11.1. The molecule has 2 fully saturated rings. The van der Waals surface area contributed by atoms with Gasteiger partial charge in [0.2, 0.25) is 5.91 Å². The number of hydrogen-bond acceptors (Lipinski definition) is 4. The van der Waals surface area contributed by atoms with Gasteiger partial charge < -0.3 is 14.4 Å². The summed E-state index contributed by atoms with van der Waals surface area (Å²) in [6.07, 6.45) is 5.49. The normalized spacial score (nSPS) is 28.2. The molecule has 0 unspecified atom stereocenters. The molecule has 20 heavy (non-hydrogen) atoms. The molecular formula is C15H25NO4. The lowest BCUT2D eigenvalue weighted by Crippen LogP contribution is -2.42. The molecule has 1 aliphatic carbocycles. The zero-order valence-electron chi connectivity index (χ0n) is 12.5. The van der Waals surface area contributed by atoms with Crippen LogP contribution in [0.1, 0.15) is 45.4 Å². The van der Waals surface area contributed by atoms with Crippen molar-refractivity contribution in [2.45, 2.75) is 57.7 Å². The van der Waals surface area contributed by atoms with Crippen molar-refractivity contribution in [3.05, 3.63) is 0 Å². The van der Waals surface area contributed by atoms with Crippen molar-refractivity contribution in [2.24, 2.45) is 5.92 Å². The maximum Gasteiger partial charge on any atom is 0.309 e. The van der Waals surface area contributed by atoms with Gasteiger partial charge in [0, 0.05) is 27.1 Å². The number of carbonyl (C=O) groups is 2. The molecular weight excluding hydrogens is 258 g/mol. The maximum atomic E-state index is 12.2. The molecule has 0 spiro atoms. The van der Waals surface area contributed by atoms with E-state index in [0.717, 1.165) is 25.7 Å². The Morgan fingerprint density at radius 1 is 1.00 bits per heavy atom. The van der Waals surface area contributed by atoms with Crippen LogP contribution < -0.4 is 0 Å². The number of hydrogen-bond donors (Lipinski definition) is 0. The van der Waals surface area contributed by atoms with Gasteiger partial charge >= 0.3 is 5.97 Å². The van der Waals surface area contributed by atoms with E-state index in [1.54, 1.807) is 18.9 Å². The van der Waals surface area contributed by atoms with E-state index in [-0.39, 0.29) is 30.0 Å². The van der Waals surface area contributed by atoms with E-state index in [9.17, 15) is 9.59 Å². The van der Waals surface area contributed by atoms with Gasteiger partial charge in [-0.25, -0.2) is 0 Å². The van der Waals surface area contributed by atoms with Crippen LogP contribution in [0.15, 0.2) is 0 Å². The molecule has 0 aromatic rings. The monoisotopic (exact) mass is 283 g/mol. The molecule has 1 aliphatic heterocycles. The Bertz CT molecular complexity index is 350. The number of rotatable bonds is 3. The number of nitrogens with zero attached hydrogens (tertiary/aromatic N) is 1. The fraction of sp³-hybridized carbons (Fsp3) is 0.867. The van der Waals surface area contributed by atoms with Crippen molar-refractivity contribution in [3.8, 4) is 0 Å². The Hall–Kier alpha value is -1.10. The first-order valence-corrected chi connectivity index (χ1v) is 7.60. The smallest absolute Gasteiger partial charge is 0.309 e. The number of amides is 1. The molecule has 0 bridgehead atoms. The summed E-state index contributed by atoms with van der Waals surface area (Å²) >= 11 is 0. The van der Waals surface area contributed by atoms with Gasteiger partial charge in [0.05, 0.1) is 12.0 Å². The fourth-order valence-corrected chi connectivity index (χ4v) is 3.14. The Morgan fingerprint density at radius 3 is 2.15 bits per heavy atom. The van der Waals surface area contributed by atoms with Crippen LogP contribution in [0, 0.1) is 5.92 Å². The molecule has 1 saturated heterocycles. The molecule has 0 radical (unpaired) electrons. The van der Waals surface area contributed by atoms with E-state index in [4.69, 9.17) is 9.47 Å². The van der Waals surface area contributed by atoms with E-state index in [1.165, 1.54) is 0 Å². The van der Waals surface area contributed by atoms with Gasteiger partial charge in [-0.1, -0.05) is 6.42 Å². The average molecular weight is 283 g/mol. The van der Waals surface area contributed by atoms with Crippen LogP contribution in [0.5, 0.6) is 0 Å². The first kappa shape index (κ1) is 15.3. The predicted octanol–water partition coefficient (Wildman–Crippen LogP) is 1.75. The highest BCUT2D eigenvalue weighted by Crippen LogP contribution is 2.26. The SMILES string of the molecule is CO[C@H]1CCCC[C@H]1OC(=O)C1CCN(C(C)=O)CC1. The third-order valence-electron chi connectivity index (χ3n) is 4.49. The lowest BCUT2D eigenvalue weighted by Gasteiger charge is -2.33. The Labute approximate surface area is 120 Å². The Morgan fingerprint density at radius 2 is 1.60 bits per heavy atom. The number of likely N-dealkylation sites (tertiary alicyclic amines) is 1. The zero-order chi connectivity index (χ0) is 14.5. The third-order valence-corrected chi connectivity index (χ3v) is 4.49. The standard InChI is InChI=1S/C15H25NO4/c1-11(17)16-9-7-12(8-10-16)15(18)20-14-6-4-3-5-13(14)19-2/h12-14H,3-10H2,1-2H3/t13-,14+/m0/s1. The first-order valence-electron chi connectivity index (χ1n) is 7.60. The Balaban J connectivity index is 1.81. The minimum atomic E-state index is -0.109. The number of methoxy groups -OCH3 is 1. The molecule has 2 atom stereocenters. The predicted molar refractivity (Wildman–Crippen MR) is 74.1 cm³/mol. The van der Waals surface area contributed by atoms with Crippen molar-refractivity contribution in [1.29, 1.82) is 0 Å². The molecule has 5 nitrogen and oxygen atoms in total. The van der Waals surface area contributed by atoms with Gasteiger partial charge in [-0.15, -0.1) is 0 Å². The number of piperidine rings is 1. The highest BCUT2D eigenvalue weighted by molar-refractivity contribution is 5.75. The summed E-state index contributed by atoms with van der Waals surface area (Å²) in [6.45, 7) is 2.89.